The fourth-order valence-electron chi connectivity index (χ4n) is 2.01. The van der Waals surface area contributed by atoms with Crippen LogP contribution in [0.5, 0.6) is 0 Å². The quantitative estimate of drug-likeness (QED) is 0.872. The van der Waals surface area contributed by atoms with Crippen LogP contribution in [-0.2, 0) is 6.42 Å². The minimum Gasteiger partial charge on any atom is -0.394 e. The monoisotopic (exact) mass is 267 g/mol. The van der Waals surface area contributed by atoms with Crippen LogP contribution in [0.15, 0.2) is 42.5 Å². The van der Waals surface area contributed by atoms with E-state index in [0.29, 0.717) is 17.8 Å². The van der Waals surface area contributed by atoms with Gasteiger partial charge in [0.15, 0.2) is 0 Å². The molecule has 0 bridgehead atoms. The molecule has 0 aliphatic carbocycles. The number of pyridine rings is 1. The highest BCUT2D eigenvalue weighted by atomic mass is 16.3. The van der Waals surface area contributed by atoms with E-state index in [2.05, 4.69) is 16.4 Å². The van der Waals surface area contributed by atoms with E-state index < -0.39 is 0 Å². The first-order chi connectivity index (χ1) is 9.72. The molecule has 1 aromatic carbocycles. The van der Waals surface area contributed by atoms with Gasteiger partial charge in [0.2, 0.25) is 0 Å². The molecule has 0 saturated heterocycles. The molecule has 0 aliphatic heterocycles. The second-order valence-electron chi connectivity index (χ2n) is 4.67. The Labute approximate surface area is 118 Å². The number of hydrogen-bond acceptors (Lipinski definition) is 4. The maximum Gasteiger partial charge on any atom is 0.144 e. The van der Waals surface area contributed by atoms with Crippen molar-refractivity contribution in [3.63, 3.8) is 0 Å². The Bertz CT molecular complexity index is 605. The first-order valence-corrected chi connectivity index (χ1v) is 6.52. The van der Waals surface area contributed by atoms with Gasteiger partial charge in [-0.1, -0.05) is 30.3 Å². The molecule has 1 aromatic heterocycles. The first kappa shape index (κ1) is 14.0. The number of aliphatic hydroxyl groups is 1. The number of nitrogens with one attached hydrogen (secondary N) is 1. The van der Waals surface area contributed by atoms with E-state index in [1.165, 1.54) is 0 Å². The highest BCUT2D eigenvalue weighted by molar-refractivity contribution is 5.52. The van der Waals surface area contributed by atoms with Gasteiger partial charge in [0, 0.05) is 5.69 Å². The summed E-state index contributed by atoms with van der Waals surface area (Å²) in [7, 11) is 0. The van der Waals surface area contributed by atoms with E-state index in [9.17, 15) is 5.11 Å². The Morgan fingerprint density at radius 3 is 2.65 bits per heavy atom. The Morgan fingerprint density at radius 2 is 2.00 bits per heavy atom. The summed E-state index contributed by atoms with van der Waals surface area (Å²) in [6, 6.07) is 15.4. The number of aromatic nitrogens is 1. The van der Waals surface area contributed by atoms with Gasteiger partial charge in [0.1, 0.15) is 11.9 Å². The molecule has 1 atom stereocenters. The summed E-state index contributed by atoms with van der Waals surface area (Å²) in [6.45, 7) is 1.85. The van der Waals surface area contributed by atoms with Gasteiger partial charge in [0.25, 0.3) is 0 Å². The SMILES string of the molecule is Cc1ccc(C#N)c(NC(CO)Cc2ccccc2)n1. The van der Waals surface area contributed by atoms with E-state index in [1.54, 1.807) is 12.1 Å². The predicted octanol–water partition coefficient (Wildman–Crippen LogP) is 2.28. The van der Waals surface area contributed by atoms with Crippen LogP contribution in [0.2, 0.25) is 0 Å². The third kappa shape index (κ3) is 3.56. The second kappa shape index (κ2) is 6.69. The maximum absolute atomic E-state index is 9.51. The largest absolute Gasteiger partial charge is 0.394 e. The zero-order chi connectivity index (χ0) is 14.4. The lowest BCUT2D eigenvalue weighted by atomic mass is 10.1. The minimum absolute atomic E-state index is 0.0185. The number of rotatable bonds is 5. The molecule has 0 amide bonds. The Kier molecular flexibility index (Phi) is 4.70. The Morgan fingerprint density at radius 1 is 1.25 bits per heavy atom. The molecule has 1 unspecified atom stereocenters. The van der Waals surface area contributed by atoms with Crippen molar-refractivity contribution in [1.82, 2.24) is 4.98 Å². The van der Waals surface area contributed by atoms with Gasteiger partial charge in [-0.15, -0.1) is 0 Å². The summed E-state index contributed by atoms with van der Waals surface area (Å²) in [5.41, 5.74) is 2.45. The fraction of sp³-hybridized carbons (Fsp3) is 0.250. The Balaban J connectivity index is 2.14. The summed E-state index contributed by atoms with van der Waals surface area (Å²) < 4.78 is 0. The van der Waals surface area contributed by atoms with E-state index in [0.717, 1.165) is 11.3 Å². The highest BCUT2D eigenvalue weighted by Gasteiger charge is 2.12. The number of aryl methyl sites for hydroxylation is 1. The molecule has 2 rings (SSSR count). The number of hydrogen-bond donors (Lipinski definition) is 2. The van der Waals surface area contributed by atoms with Gasteiger partial charge in [-0.2, -0.15) is 5.26 Å². The molecule has 0 fully saturated rings. The van der Waals surface area contributed by atoms with Crippen molar-refractivity contribution in [2.75, 3.05) is 11.9 Å². The zero-order valence-corrected chi connectivity index (χ0v) is 11.4. The van der Waals surface area contributed by atoms with Crippen molar-refractivity contribution in [1.29, 1.82) is 5.26 Å². The molecule has 102 valence electrons. The molecule has 2 N–H and O–H groups in total. The number of nitriles is 1. The predicted molar refractivity (Wildman–Crippen MR) is 78.3 cm³/mol. The van der Waals surface area contributed by atoms with Crippen LogP contribution in [0.3, 0.4) is 0 Å². The summed E-state index contributed by atoms with van der Waals surface area (Å²) >= 11 is 0. The molecule has 0 radical (unpaired) electrons. The van der Waals surface area contributed by atoms with Crippen molar-refractivity contribution < 1.29 is 5.11 Å². The topological polar surface area (TPSA) is 68.9 Å². The van der Waals surface area contributed by atoms with E-state index in [4.69, 9.17) is 5.26 Å². The number of aliphatic hydroxyl groups excluding tert-OH is 1. The van der Waals surface area contributed by atoms with Gasteiger partial charge in [0.05, 0.1) is 18.2 Å². The molecule has 0 spiro atoms. The maximum atomic E-state index is 9.51. The van der Waals surface area contributed by atoms with Crippen LogP contribution in [0.25, 0.3) is 0 Å². The summed E-state index contributed by atoms with van der Waals surface area (Å²) in [5.74, 6) is 0.530. The lowest BCUT2D eigenvalue weighted by Gasteiger charge is -2.18. The van der Waals surface area contributed by atoms with Crippen LogP contribution in [0.4, 0.5) is 5.82 Å². The van der Waals surface area contributed by atoms with Crippen molar-refractivity contribution in [3.8, 4) is 6.07 Å². The molecule has 0 saturated carbocycles. The van der Waals surface area contributed by atoms with Crippen LogP contribution in [-0.4, -0.2) is 22.7 Å². The molecule has 1 heterocycles. The molecular weight excluding hydrogens is 250 g/mol. The minimum atomic E-state index is -0.168. The lowest BCUT2D eigenvalue weighted by Crippen LogP contribution is -2.27. The molecule has 4 nitrogen and oxygen atoms in total. The smallest absolute Gasteiger partial charge is 0.144 e. The van der Waals surface area contributed by atoms with Gasteiger partial charge < -0.3 is 10.4 Å². The first-order valence-electron chi connectivity index (χ1n) is 6.52. The van der Waals surface area contributed by atoms with Crippen LogP contribution in [0, 0.1) is 18.3 Å². The number of nitrogens with zero attached hydrogens (tertiary/aromatic N) is 2. The lowest BCUT2D eigenvalue weighted by molar-refractivity contribution is 0.273. The normalized spacial score (nSPS) is 11.7. The van der Waals surface area contributed by atoms with E-state index in [1.807, 2.05) is 37.3 Å². The third-order valence-corrected chi connectivity index (χ3v) is 3.04. The number of benzene rings is 1. The molecule has 4 heteroatoms. The molecule has 20 heavy (non-hydrogen) atoms. The zero-order valence-electron chi connectivity index (χ0n) is 11.4. The van der Waals surface area contributed by atoms with Crippen LogP contribution in [0.1, 0.15) is 16.8 Å². The van der Waals surface area contributed by atoms with Gasteiger partial charge in [-0.05, 0) is 31.0 Å². The Hall–Kier alpha value is -2.38. The summed E-state index contributed by atoms with van der Waals surface area (Å²) in [5, 5.41) is 21.8. The van der Waals surface area contributed by atoms with Gasteiger partial charge in [-0.3, -0.25) is 0 Å². The van der Waals surface area contributed by atoms with Crippen LogP contribution >= 0.6 is 0 Å². The molecular formula is C16H17N3O. The van der Waals surface area contributed by atoms with Crippen molar-refractivity contribution >= 4 is 5.82 Å². The van der Waals surface area contributed by atoms with Crippen molar-refractivity contribution in [2.45, 2.75) is 19.4 Å². The van der Waals surface area contributed by atoms with Crippen LogP contribution < -0.4 is 5.32 Å². The number of anilines is 1. The summed E-state index contributed by atoms with van der Waals surface area (Å²) in [4.78, 5) is 4.33. The van der Waals surface area contributed by atoms with Crippen molar-refractivity contribution in [2.24, 2.45) is 0 Å². The summed E-state index contributed by atoms with van der Waals surface area (Å²) in [6.07, 6.45) is 0.678. The standard InChI is InChI=1S/C16H17N3O/c1-12-7-8-14(10-17)16(18-12)19-15(11-20)9-13-5-3-2-4-6-13/h2-8,15,20H,9,11H2,1H3,(H,18,19). The fourth-order valence-corrected chi connectivity index (χ4v) is 2.01. The third-order valence-electron chi connectivity index (χ3n) is 3.04. The van der Waals surface area contributed by atoms with Gasteiger partial charge in [-0.25, -0.2) is 4.98 Å². The average molecular weight is 267 g/mol. The van der Waals surface area contributed by atoms with E-state index in [-0.39, 0.29) is 12.6 Å². The molecule has 0 aliphatic rings. The van der Waals surface area contributed by atoms with E-state index >= 15 is 0 Å². The molecule has 2 aromatic rings. The highest BCUT2D eigenvalue weighted by Crippen LogP contribution is 2.15. The van der Waals surface area contributed by atoms with Gasteiger partial charge >= 0.3 is 0 Å². The average Bonchev–Trinajstić information content (AvgIpc) is 2.48. The second-order valence-corrected chi connectivity index (χ2v) is 4.67. The van der Waals surface area contributed by atoms with Crippen molar-refractivity contribution in [3.05, 3.63) is 59.3 Å².